The lowest BCUT2D eigenvalue weighted by atomic mass is 10.1. The van der Waals surface area contributed by atoms with Crippen LogP contribution in [0.15, 0.2) is 36.7 Å². The number of aromatic amines is 1. The first kappa shape index (κ1) is 14.1. The highest BCUT2D eigenvalue weighted by atomic mass is 16.6. The smallest absolute Gasteiger partial charge is 0.347 e. The van der Waals surface area contributed by atoms with Gasteiger partial charge in [0.25, 0.3) is 0 Å². The molecule has 2 rings (SSSR count). The molecule has 5 nitrogen and oxygen atoms in total. The van der Waals surface area contributed by atoms with Gasteiger partial charge in [0.15, 0.2) is 6.10 Å². The molecule has 0 bridgehead atoms. The second-order valence-electron chi connectivity index (χ2n) is 4.33. The number of esters is 1. The van der Waals surface area contributed by atoms with Crippen molar-refractivity contribution in [2.24, 2.45) is 0 Å². The van der Waals surface area contributed by atoms with Gasteiger partial charge in [0.2, 0.25) is 0 Å². The predicted molar refractivity (Wildman–Crippen MR) is 74.6 cm³/mol. The van der Waals surface area contributed by atoms with Crippen LogP contribution < -0.4 is 4.74 Å². The number of carbonyl (C=O) groups excluding carboxylic acids is 1. The molecule has 20 heavy (non-hydrogen) atoms. The summed E-state index contributed by atoms with van der Waals surface area (Å²) in [6.07, 6.45) is 3.48. The highest BCUT2D eigenvalue weighted by Crippen LogP contribution is 2.21. The summed E-state index contributed by atoms with van der Waals surface area (Å²) in [7, 11) is 0. The molecule has 0 aliphatic carbocycles. The molecule has 0 aliphatic rings. The zero-order valence-electron chi connectivity index (χ0n) is 11.6. The van der Waals surface area contributed by atoms with Crippen molar-refractivity contribution in [1.29, 1.82) is 0 Å². The van der Waals surface area contributed by atoms with Gasteiger partial charge in [-0.05, 0) is 19.9 Å². The minimum Gasteiger partial charge on any atom is -0.479 e. The van der Waals surface area contributed by atoms with Crippen LogP contribution in [0.5, 0.6) is 5.75 Å². The highest BCUT2D eigenvalue weighted by molar-refractivity contribution is 5.74. The van der Waals surface area contributed by atoms with Gasteiger partial charge >= 0.3 is 5.97 Å². The first-order chi connectivity index (χ1) is 9.70. The van der Waals surface area contributed by atoms with E-state index in [1.165, 1.54) is 0 Å². The van der Waals surface area contributed by atoms with Crippen LogP contribution in [0.25, 0.3) is 0 Å². The minimum absolute atomic E-state index is 0.348. The standard InChI is InChI=1S/C15H18N2O3/c1-3-19-15(18)11(2)20-13-7-5-4-6-12(13)10-14-16-8-9-17-14/h4-9,11H,3,10H2,1-2H3,(H,16,17). The van der Waals surface area contributed by atoms with E-state index in [9.17, 15) is 4.79 Å². The number of para-hydroxylation sites is 1. The van der Waals surface area contributed by atoms with Crippen LogP contribution in [0.2, 0.25) is 0 Å². The normalized spacial score (nSPS) is 11.9. The lowest BCUT2D eigenvalue weighted by Gasteiger charge is -2.15. The molecule has 0 fully saturated rings. The molecule has 1 N–H and O–H groups in total. The first-order valence-electron chi connectivity index (χ1n) is 6.60. The van der Waals surface area contributed by atoms with Crippen molar-refractivity contribution in [2.75, 3.05) is 6.61 Å². The van der Waals surface area contributed by atoms with Crippen molar-refractivity contribution in [3.05, 3.63) is 48.0 Å². The van der Waals surface area contributed by atoms with Crippen molar-refractivity contribution >= 4 is 5.97 Å². The monoisotopic (exact) mass is 274 g/mol. The predicted octanol–water partition coefficient (Wildman–Crippen LogP) is 2.33. The van der Waals surface area contributed by atoms with Crippen molar-refractivity contribution < 1.29 is 14.3 Å². The van der Waals surface area contributed by atoms with Crippen LogP contribution in [0.1, 0.15) is 25.2 Å². The van der Waals surface area contributed by atoms with Crippen LogP contribution in [0, 0.1) is 0 Å². The maximum atomic E-state index is 11.6. The Hall–Kier alpha value is -2.30. The number of imidazole rings is 1. The molecule has 2 aromatic rings. The zero-order valence-corrected chi connectivity index (χ0v) is 11.6. The van der Waals surface area contributed by atoms with Gasteiger partial charge in [-0.25, -0.2) is 9.78 Å². The van der Waals surface area contributed by atoms with Crippen LogP contribution in [0.3, 0.4) is 0 Å². The number of benzene rings is 1. The van der Waals surface area contributed by atoms with Crippen molar-refractivity contribution in [2.45, 2.75) is 26.4 Å². The van der Waals surface area contributed by atoms with E-state index in [1.807, 2.05) is 24.3 Å². The SMILES string of the molecule is CCOC(=O)C(C)Oc1ccccc1Cc1ncc[nH]1. The molecule has 0 radical (unpaired) electrons. The summed E-state index contributed by atoms with van der Waals surface area (Å²) >= 11 is 0. The largest absolute Gasteiger partial charge is 0.479 e. The Morgan fingerprint density at radius 3 is 2.90 bits per heavy atom. The molecule has 5 heteroatoms. The second-order valence-corrected chi connectivity index (χ2v) is 4.33. The van der Waals surface area contributed by atoms with E-state index in [0.717, 1.165) is 11.4 Å². The Bertz CT molecular complexity index is 552. The first-order valence-corrected chi connectivity index (χ1v) is 6.60. The molecular weight excluding hydrogens is 256 g/mol. The summed E-state index contributed by atoms with van der Waals surface area (Å²) in [4.78, 5) is 18.9. The summed E-state index contributed by atoms with van der Waals surface area (Å²) in [5.41, 5.74) is 0.971. The molecule has 0 saturated carbocycles. The average Bonchev–Trinajstić information content (AvgIpc) is 2.94. The van der Waals surface area contributed by atoms with Crippen LogP contribution in [0.4, 0.5) is 0 Å². The molecular formula is C15H18N2O3. The minimum atomic E-state index is -0.632. The fraction of sp³-hybridized carbons (Fsp3) is 0.333. The molecule has 106 valence electrons. The van der Waals surface area contributed by atoms with Gasteiger partial charge in [0.1, 0.15) is 11.6 Å². The van der Waals surface area contributed by atoms with E-state index >= 15 is 0 Å². The number of aromatic nitrogens is 2. The number of nitrogens with one attached hydrogen (secondary N) is 1. The summed E-state index contributed by atoms with van der Waals surface area (Å²) in [6, 6.07) is 7.60. The number of ether oxygens (including phenoxy) is 2. The Morgan fingerprint density at radius 2 is 2.20 bits per heavy atom. The molecule has 1 aromatic carbocycles. The summed E-state index contributed by atoms with van der Waals surface area (Å²) in [6.45, 7) is 3.80. The lowest BCUT2D eigenvalue weighted by molar-refractivity contribution is -0.150. The van der Waals surface area contributed by atoms with Crippen LogP contribution >= 0.6 is 0 Å². The molecule has 1 unspecified atom stereocenters. The van der Waals surface area contributed by atoms with E-state index < -0.39 is 6.10 Å². The number of H-pyrrole nitrogens is 1. The Balaban J connectivity index is 2.09. The molecule has 0 aliphatic heterocycles. The Kier molecular flexibility index (Phi) is 4.76. The Morgan fingerprint density at radius 1 is 1.40 bits per heavy atom. The molecule has 0 spiro atoms. The second kappa shape index (κ2) is 6.75. The van der Waals surface area contributed by atoms with Gasteiger partial charge in [0.05, 0.1) is 6.61 Å². The van der Waals surface area contributed by atoms with Gasteiger partial charge in [-0.2, -0.15) is 0 Å². The number of hydrogen-bond donors (Lipinski definition) is 1. The van der Waals surface area contributed by atoms with Gasteiger partial charge in [0, 0.05) is 24.4 Å². The van der Waals surface area contributed by atoms with Gasteiger partial charge in [-0.3, -0.25) is 0 Å². The van der Waals surface area contributed by atoms with E-state index in [1.54, 1.807) is 26.2 Å². The third kappa shape index (κ3) is 3.60. The fourth-order valence-corrected chi connectivity index (χ4v) is 1.84. The van der Waals surface area contributed by atoms with Crippen LogP contribution in [-0.2, 0) is 16.0 Å². The summed E-state index contributed by atoms with van der Waals surface area (Å²) < 4.78 is 10.6. The third-order valence-electron chi connectivity index (χ3n) is 2.81. The average molecular weight is 274 g/mol. The maximum absolute atomic E-state index is 11.6. The summed E-state index contributed by atoms with van der Waals surface area (Å²) in [5, 5.41) is 0. The summed E-state index contributed by atoms with van der Waals surface area (Å²) in [5.74, 6) is 1.16. The lowest BCUT2D eigenvalue weighted by Crippen LogP contribution is -2.26. The highest BCUT2D eigenvalue weighted by Gasteiger charge is 2.17. The van der Waals surface area contributed by atoms with Gasteiger partial charge in [-0.1, -0.05) is 18.2 Å². The molecule has 1 aromatic heterocycles. The van der Waals surface area contributed by atoms with Crippen molar-refractivity contribution in [1.82, 2.24) is 9.97 Å². The van der Waals surface area contributed by atoms with Crippen molar-refractivity contribution in [3.63, 3.8) is 0 Å². The molecule has 1 atom stereocenters. The van der Waals surface area contributed by atoms with E-state index in [0.29, 0.717) is 18.8 Å². The van der Waals surface area contributed by atoms with Gasteiger partial charge in [-0.15, -0.1) is 0 Å². The maximum Gasteiger partial charge on any atom is 0.347 e. The van der Waals surface area contributed by atoms with E-state index in [2.05, 4.69) is 9.97 Å². The number of hydrogen-bond acceptors (Lipinski definition) is 4. The van der Waals surface area contributed by atoms with E-state index in [4.69, 9.17) is 9.47 Å². The molecule has 0 amide bonds. The van der Waals surface area contributed by atoms with Crippen molar-refractivity contribution in [3.8, 4) is 5.75 Å². The van der Waals surface area contributed by atoms with Gasteiger partial charge < -0.3 is 14.5 Å². The quantitative estimate of drug-likeness (QED) is 0.821. The molecule has 0 saturated heterocycles. The molecule has 1 heterocycles. The number of carbonyl (C=O) groups is 1. The van der Waals surface area contributed by atoms with Crippen LogP contribution in [-0.4, -0.2) is 28.6 Å². The fourth-order valence-electron chi connectivity index (χ4n) is 1.84. The third-order valence-corrected chi connectivity index (χ3v) is 2.81. The van der Waals surface area contributed by atoms with E-state index in [-0.39, 0.29) is 5.97 Å². The number of nitrogens with zero attached hydrogens (tertiary/aromatic N) is 1. The number of rotatable bonds is 6. The topological polar surface area (TPSA) is 64.2 Å². The zero-order chi connectivity index (χ0) is 14.4. The Labute approximate surface area is 117 Å².